The van der Waals surface area contributed by atoms with Gasteiger partial charge in [0, 0.05) is 30.9 Å². The topological polar surface area (TPSA) is 15.3 Å². The van der Waals surface area contributed by atoms with Crippen LogP contribution in [-0.4, -0.2) is 18.6 Å². The summed E-state index contributed by atoms with van der Waals surface area (Å²) >= 11 is 0. The van der Waals surface area contributed by atoms with Crippen LogP contribution in [0.5, 0.6) is 0 Å². The zero-order valence-corrected chi connectivity index (χ0v) is 12.9. The van der Waals surface area contributed by atoms with E-state index in [1.807, 2.05) is 0 Å². The van der Waals surface area contributed by atoms with Crippen molar-refractivity contribution >= 4 is 5.69 Å². The van der Waals surface area contributed by atoms with Crippen molar-refractivity contribution < 1.29 is 0 Å². The molecule has 1 unspecified atom stereocenters. The molecule has 1 aromatic carbocycles. The SMILES string of the molecule is CC(C)N1CC(C2CCCCC2)NCc2ccccc21. The Hall–Kier alpha value is -1.02. The normalized spacial score (nSPS) is 24.6. The third-order valence-corrected chi connectivity index (χ3v) is 5.09. The maximum Gasteiger partial charge on any atom is 0.0414 e. The average Bonchev–Trinajstić information content (AvgIpc) is 2.68. The van der Waals surface area contributed by atoms with Crippen LogP contribution in [0.1, 0.15) is 51.5 Å². The summed E-state index contributed by atoms with van der Waals surface area (Å²) < 4.78 is 0. The molecular weight excluding hydrogens is 244 g/mol. The molecule has 1 aromatic rings. The lowest BCUT2D eigenvalue weighted by Crippen LogP contribution is -2.46. The van der Waals surface area contributed by atoms with Crippen molar-refractivity contribution in [1.29, 1.82) is 0 Å². The number of anilines is 1. The van der Waals surface area contributed by atoms with Gasteiger partial charge in [-0.05, 0) is 44.2 Å². The fraction of sp³-hybridized carbons (Fsp3) is 0.667. The molecule has 0 aromatic heterocycles. The molecule has 1 saturated carbocycles. The Bertz CT molecular complexity index is 435. The molecule has 0 amide bonds. The van der Waals surface area contributed by atoms with E-state index in [2.05, 4.69) is 48.3 Å². The van der Waals surface area contributed by atoms with Crippen molar-refractivity contribution in [2.75, 3.05) is 11.4 Å². The number of nitrogens with one attached hydrogen (secondary N) is 1. The molecule has 0 bridgehead atoms. The van der Waals surface area contributed by atoms with Crippen LogP contribution in [-0.2, 0) is 6.54 Å². The molecule has 2 nitrogen and oxygen atoms in total. The van der Waals surface area contributed by atoms with E-state index in [9.17, 15) is 0 Å². The fourth-order valence-corrected chi connectivity index (χ4v) is 3.90. The molecule has 1 heterocycles. The first kappa shape index (κ1) is 13.9. The third-order valence-electron chi connectivity index (χ3n) is 5.09. The zero-order chi connectivity index (χ0) is 13.9. The Morgan fingerprint density at radius 1 is 1.10 bits per heavy atom. The van der Waals surface area contributed by atoms with Crippen LogP contribution < -0.4 is 10.2 Å². The van der Waals surface area contributed by atoms with Gasteiger partial charge in [-0.3, -0.25) is 0 Å². The molecule has 0 saturated heterocycles. The van der Waals surface area contributed by atoms with Crippen molar-refractivity contribution in [3.05, 3.63) is 29.8 Å². The quantitative estimate of drug-likeness (QED) is 0.877. The smallest absolute Gasteiger partial charge is 0.0414 e. The van der Waals surface area contributed by atoms with Gasteiger partial charge in [0.1, 0.15) is 0 Å². The van der Waals surface area contributed by atoms with Gasteiger partial charge < -0.3 is 10.2 Å². The molecule has 3 rings (SSSR count). The molecule has 0 spiro atoms. The first-order chi connectivity index (χ1) is 9.75. The Morgan fingerprint density at radius 2 is 1.85 bits per heavy atom. The summed E-state index contributed by atoms with van der Waals surface area (Å²) in [6, 6.07) is 10.1. The van der Waals surface area contributed by atoms with E-state index in [0.29, 0.717) is 12.1 Å². The van der Waals surface area contributed by atoms with E-state index in [4.69, 9.17) is 0 Å². The zero-order valence-electron chi connectivity index (χ0n) is 12.9. The molecule has 1 atom stereocenters. The number of para-hydroxylation sites is 1. The summed E-state index contributed by atoms with van der Waals surface area (Å²) in [6.07, 6.45) is 7.13. The highest BCUT2D eigenvalue weighted by Crippen LogP contribution is 2.31. The fourth-order valence-electron chi connectivity index (χ4n) is 3.90. The van der Waals surface area contributed by atoms with Crippen molar-refractivity contribution in [1.82, 2.24) is 5.32 Å². The Kier molecular flexibility index (Phi) is 4.30. The minimum absolute atomic E-state index is 0.571. The minimum atomic E-state index is 0.571. The molecule has 20 heavy (non-hydrogen) atoms. The summed E-state index contributed by atoms with van der Waals surface area (Å²) in [5.41, 5.74) is 2.90. The first-order valence-corrected chi connectivity index (χ1v) is 8.33. The largest absolute Gasteiger partial charge is 0.367 e. The highest BCUT2D eigenvalue weighted by atomic mass is 15.2. The third kappa shape index (κ3) is 2.85. The standard InChI is InChI=1S/C18H28N2/c1-14(2)20-13-17(15-8-4-3-5-9-15)19-12-16-10-6-7-11-18(16)20/h6-7,10-11,14-15,17,19H,3-5,8-9,12-13H2,1-2H3. The maximum atomic E-state index is 3.85. The van der Waals surface area contributed by atoms with Crippen molar-refractivity contribution in [2.45, 2.75) is 64.6 Å². The van der Waals surface area contributed by atoms with Gasteiger partial charge in [-0.2, -0.15) is 0 Å². The number of benzene rings is 1. The second-order valence-corrected chi connectivity index (χ2v) is 6.76. The number of fused-ring (bicyclic) bond motifs is 1. The van der Waals surface area contributed by atoms with Gasteiger partial charge in [-0.1, -0.05) is 37.5 Å². The second-order valence-electron chi connectivity index (χ2n) is 6.76. The monoisotopic (exact) mass is 272 g/mol. The number of rotatable bonds is 2. The van der Waals surface area contributed by atoms with Gasteiger partial charge in [0.2, 0.25) is 0 Å². The lowest BCUT2D eigenvalue weighted by atomic mass is 9.83. The van der Waals surface area contributed by atoms with E-state index in [0.717, 1.165) is 12.5 Å². The van der Waals surface area contributed by atoms with Gasteiger partial charge in [0.05, 0.1) is 0 Å². The van der Waals surface area contributed by atoms with Crippen LogP contribution in [0.25, 0.3) is 0 Å². The van der Waals surface area contributed by atoms with Crippen LogP contribution in [0.15, 0.2) is 24.3 Å². The highest BCUT2D eigenvalue weighted by molar-refractivity contribution is 5.55. The molecule has 1 aliphatic carbocycles. The molecule has 1 N–H and O–H groups in total. The second kappa shape index (κ2) is 6.17. The lowest BCUT2D eigenvalue weighted by molar-refractivity contribution is 0.269. The van der Waals surface area contributed by atoms with Gasteiger partial charge in [-0.15, -0.1) is 0 Å². The number of hydrogen-bond acceptors (Lipinski definition) is 2. The summed E-state index contributed by atoms with van der Waals surface area (Å²) in [4.78, 5) is 2.61. The average molecular weight is 272 g/mol. The number of hydrogen-bond donors (Lipinski definition) is 1. The van der Waals surface area contributed by atoms with E-state index in [-0.39, 0.29) is 0 Å². The van der Waals surface area contributed by atoms with Crippen LogP contribution >= 0.6 is 0 Å². The van der Waals surface area contributed by atoms with Crippen molar-refractivity contribution in [3.63, 3.8) is 0 Å². The van der Waals surface area contributed by atoms with Crippen LogP contribution in [0.4, 0.5) is 5.69 Å². The molecular formula is C18H28N2. The van der Waals surface area contributed by atoms with Gasteiger partial charge in [0.25, 0.3) is 0 Å². The van der Waals surface area contributed by atoms with Crippen LogP contribution in [0, 0.1) is 5.92 Å². The van der Waals surface area contributed by atoms with E-state index in [1.54, 1.807) is 0 Å². The highest BCUT2D eigenvalue weighted by Gasteiger charge is 2.29. The van der Waals surface area contributed by atoms with Crippen molar-refractivity contribution in [2.24, 2.45) is 5.92 Å². The van der Waals surface area contributed by atoms with E-state index in [1.165, 1.54) is 49.9 Å². The molecule has 2 aliphatic rings. The van der Waals surface area contributed by atoms with Gasteiger partial charge in [-0.25, -0.2) is 0 Å². The summed E-state index contributed by atoms with van der Waals surface area (Å²) in [5, 5.41) is 3.85. The van der Waals surface area contributed by atoms with Crippen LogP contribution in [0.3, 0.4) is 0 Å². The van der Waals surface area contributed by atoms with E-state index >= 15 is 0 Å². The maximum absolute atomic E-state index is 3.85. The Balaban J connectivity index is 1.82. The molecule has 0 radical (unpaired) electrons. The summed E-state index contributed by atoms with van der Waals surface area (Å²) in [5.74, 6) is 0.874. The summed E-state index contributed by atoms with van der Waals surface area (Å²) in [6.45, 7) is 6.83. The molecule has 110 valence electrons. The number of nitrogens with zero attached hydrogens (tertiary/aromatic N) is 1. The van der Waals surface area contributed by atoms with Gasteiger partial charge >= 0.3 is 0 Å². The predicted molar refractivity (Wildman–Crippen MR) is 86.1 cm³/mol. The molecule has 1 fully saturated rings. The Morgan fingerprint density at radius 3 is 2.60 bits per heavy atom. The lowest BCUT2D eigenvalue weighted by Gasteiger charge is -2.36. The first-order valence-electron chi connectivity index (χ1n) is 8.33. The van der Waals surface area contributed by atoms with Crippen molar-refractivity contribution in [3.8, 4) is 0 Å². The Labute approximate surface area is 123 Å². The van der Waals surface area contributed by atoms with Gasteiger partial charge in [0.15, 0.2) is 0 Å². The van der Waals surface area contributed by atoms with E-state index < -0.39 is 0 Å². The molecule has 2 heteroatoms. The van der Waals surface area contributed by atoms with Crippen LogP contribution in [0.2, 0.25) is 0 Å². The predicted octanol–water partition coefficient (Wildman–Crippen LogP) is 3.95. The summed E-state index contributed by atoms with van der Waals surface area (Å²) in [7, 11) is 0. The molecule has 1 aliphatic heterocycles. The minimum Gasteiger partial charge on any atom is -0.367 e.